The first-order chi connectivity index (χ1) is 8.65. The number of thioether (sulfide) groups is 1. The van der Waals surface area contributed by atoms with E-state index >= 15 is 0 Å². The minimum Gasteiger partial charge on any atom is -0.382 e. The molecular weight excluding hydrogens is 256 g/mol. The van der Waals surface area contributed by atoms with Crippen molar-refractivity contribution in [1.82, 2.24) is 9.78 Å². The molecule has 0 aliphatic heterocycles. The fourth-order valence-corrected chi connectivity index (χ4v) is 2.39. The number of nitrogen functional groups attached to an aromatic ring is 1. The van der Waals surface area contributed by atoms with Crippen molar-refractivity contribution in [3.8, 4) is 0 Å². The Morgan fingerprint density at radius 1 is 1.28 bits per heavy atom. The predicted octanol–water partition coefficient (Wildman–Crippen LogP) is 2.93. The third kappa shape index (κ3) is 3.46. The lowest BCUT2D eigenvalue weighted by Gasteiger charge is -2.04. The van der Waals surface area contributed by atoms with Crippen LogP contribution < -0.4 is 5.73 Å². The maximum atomic E-state index is 13.3. The lowest BCUT2D eigenvalue weighted by molar-refractivity contribution is 0.576. The van der Waals surface area contributed by atoms with Gasteiger partial charge in [-0.25, -0.2) is 8.78 Å². The number of halogens is 2. The summed E-state index contributed by atoms with van der Waals surface area (Å²) in [5, 5.41) is 4.04. The van der Waals surface area contributed by atoms with Crippen LogP contribution in [0.25, 0.3) is 0 Å². The van der Waals surface area contributed by atoms with Crippen molar-refractivity contribution >= 4 is 17.6 Å². The van der Waals surface area contributed by atoms with Gasteiger partial charge in [-0.2, -0.15) is 5.10 Å². The van der Waals surface area contributed by atoms with E-state index in [0.717, 1.165) is 18.6 Å². The molecule has 0 aliphatic carbocycles. The molecular formula is C12H13F2N3S. The van der Waals surface area contributed by atoms with Gasteiger partial charge in [-0.15, -0.1) is 11.8 Å². The molecule has 0 fully saturated rings. The smallest absolute Gasteiger partial charge is 0.145 e. The molecule has 1 aromatic heterocycles. The fourth-order valence-electron chi connectivity index (χ4n) is 1.50. The van der Waals surface area contributed by atoms with Crippen molar-refractivity contribution < 1.29 is 8.78 Å². The van der Waals surface area contributed by atoms with E-state index in [1.54, 1.807) is 16.9 Å². The molecule has 2 N–H and O–H groups in total. The number of aryl methyl sites for hydroxylation is 1. The van der Waals surface area contributed by atoms with E-state index in [1.165, 1.54) is 17.8 Å². The summed E-state index contributed by atoms with van der Waals surface area (Å²) >= 11 is 1.30. The molecule has 0 aliphatic rings. The lowest BCUT2D eigenvalue weighted by atomic mass is 10.3. The van der Waals surface area contributed by atoms with E-state index < -0.39 is 5.82 Å². The van der Waals surface area contributed by atoms with Crippen LogP contribution in [0.4, 0.5) is 14.6 Å². The van der Waals surface area contributed by atoms with E-state index in [-0.39, 0.29) is 5.82 Å². The molecule has 0 amide bonds. The topological polar surface area (TPSA) is 43.8 Å². The summed E-state index contributed by atoms with van der Waals surface area (Å²) in [6.07, 6.45) is 2.60. The Morgan fingerprint density at radius 2 is 2.11 bits per heavy atom. The number of nitrogens with zero attached hydrogens (tertiary/aromatic N) is 2. The summed E-state index contributed by atoms with van der Waals surface area (Å²) in [5.74, 6) is 0.377. The normalized spacial score (nSPS) is 10.8. The van der Waals surface area contributed by atoms with Gasteiger partial charge in [0.2, 0.25) is 0 Å². The Morgan fingerprint density at radius 3 is 2.83 bits per heavy atom. The molecule has 6 heteroatoms. The Bertz CT molecular complexity index is 528. The zero-order valence-corrected chi connectivity index (χ0v) is 10.5. The summed E-state index contributed by atoms with van der Waals surface area (Å²) < 4.78 is 28.0. The quantitative estimate of drug-likeness (QED) is 0.670. The molecule has 0 atom stereocenters. The van der Waals surface area contributed by atoms with Gasteiger partial charge in [0.25, 0.3) is 0 Å². The lowest BCUT2D eigenvalue weighted by Crippen LogP contribution is -2.00. The van der Waals surface area contributed by atoms with E-state index in [0.29, 0.717) is 23.0 Å². The van der Waals surface area contributed by atoms with E-state index in [9.17, 15) is 8.78 Å². The summed E-state index contributed by atoms with van der Waals surface area (Å²) in [4.78, 5) is 0.343. The average Bonchev–Trinajstić information content (AvgIpc) is 2.75. The predicted molar refractivity (Wildman–Crippen MR) is 68.3 cm³/mol. The van der Waals surface area contributed by atoms with Gasteiger partial charge < -0.3 is 5.73 Å². The summed E-state index contributed by atoms with van der Waals surface area (Å²) in [5.41, 5.74) is 5.48. The maximum absolute atomic E-state index is 13.3. The van der Waals surface area contributed by atoms with Crippen LogP contribution in [0.5, 0.6) is 0 Å². The molecule has 18 heavy (non-hydrogen) atoms. The molecule has 1 aromatic carbocycles. The van der Waals surface area contributed by atoms with Gasteiger partial charge in [0, 0.05) is 17.6 Å². The van der Waals surface area contributed by atoms with Crippen LogP contribution in [0.15, 0.2) is 35.4 Å². The number of hydrogen-bond acceptors (Lipinski definition) is 3. The first-order valence-electron chi connectivity index (χ1n) is 5.52. The van der Waals surface area contributed by atoms with Crippen LogP contribution in [0, 0.1) is 11.6 Å². The van der Waals surface area contributed by atoms with Crippen molar-refractivity contribution in [1.29, 1.82) is 0 Å². The van der Waals surface area contributed by atoms with Crippen LogP contribution in [0.2, 0.25) is 0 Å². The van der Waals surface area contributed by atoms with E-state index in [2.05, 4.69) is 5.10 Å². The molecule has 0 bridgehead atoms. The van der Waals surface area contributed by atoms with Crippen LogP contribution in [0.3, 0.4) is 0 Å². The third-order valence-electron chi connectivity index (χ3n) is 2.34. The largest absolute Gasteiger partial charge is 0.382 e. The van der Waals surface area contributed by atoms with E-state index in [4.69, 9.17) is 5.73 Å². The second-order valence-corrected chi connectivity index (χ2v) is 4.92. The van der Waals surface area contributed by atoms with Crippen LogP contribution >= 0.6 is 11.8 Å². The number of aromatic nitrogens is 2. The molecule has 2 aromatic rings. The Labute approximate surface area is 108 Å². The van der Waals surface area contributed by atoms with Crippen molar-refractivity contribution in [2.75, 3.05) is 11.5 Å². The van der Waals surface area contributed by atoms with Crippen LogP contribution in [-0.2, 0) is 6.54 Å². The molecule has 0 unspecified atom stereocenters. The van der Waals surface area contributed by atoms with Crippen molar-refractivity contribution in [3.63, 3.8) is 0 Å². The van der Waals surface area contributed by atoms with Gasteiger partial charge in [0.05, 0.1) is 0 Å². The highest BCUT2D eigenvalue weighted by Gasteiger charge is 2.04. The molecule has 0 saturated heterocycles. The van der Waals surface area contributed by atoms with E-state index in [1.807, 2.05) is 0 Å². The molecule has 0 spiro atoms. The minimum absolute atomic E-state index is 0.343. The number of hydrogen-bond donors (Lipinski definition) is 1. The van der Waals surface area contributed by atoms with Gasteiger partial charge in [-0.3, -0.25) is 4.68 Å². The standard InChI is InChI=1S/C12H13F2N3S/c13-9-2-3-10(14)11(8-9)18-7-1-5-17-6-4-12(15)16-17/h2-4,6,8H,1,5,7H2,(H2,15,16). The number of rotatable bonds is 5. The van der Waals surface area contributed by atoms with Gasteiger partial charge in [0.15, 0.2) is 0 Å². The molecule has 1 heterocycles. The maximum Gasteiger partial charge on any atom is 0.145 e. The Balaban J connectivity index is 1.80. The Kier molecular flexibility index (Phi) is 4.19. The summed E-state index contributed by atoms with van der Waals surface area (Å²) in [7, 11) is 0. The highest BCUT2D eigenvalue weighted by atomic mass is 32.2. The third-order valence-corrected chi connectivity index (χ3v) is 3.46. The highest BCUT2D eigenvalue weighted by Crippen LogP contribution is 2.23. The summed E-state index contributed by atoms with van der Waals surface area (Å²) in [6, 6.07) is 5.20. The monoisotopic (exact) mass is 269 g/mol. The van der Waals surface area contributed by atoms with Crippen molar-refractivity contribution in [2.45, 2.75) is 17.9 Å². The minimum atomic E-state index is -0.418. The molecule has 0 saturated carbocycles. The van der Waals surface area contributed by atoms with Crippen molar-refractivity contribution in [2.24, 2.45) is 0 Å². The average molecular weight is 269 g/mol. The Hall–Kier alpha value is -1.56. The molecule has 3 nitrogen and oxygen atoms in total. The van der Waals surface area contributed by atoms with Gasteiger partial charge in [-0.1, -0.05) is 0 Å². The second kappa shape index (κ2) is 5.86. The fraction of sp³-hybridized carbons (Fsp3) is 0.250. The number of anilines is 1. The highest BCUT2D eigenvalue weighted by molar-refractivity contribution is 7.99. The van der Waals surface area contributed by atoms with Crippen molar-refractivity contribution in [3.05, 3.63) is 42.1 Å². The molecule has 96 valence electrons. The molecule has 0 radical (unpaired) electrons. The zero-order chi connectivity index (χ0) is 13.0. The number of nitrogens with two attached hydrogens (primary N) is 1. The first-order valence-corrected chi connectivity index (χ1v) is 6.50. The van der Waals surface area contributed by atoms with Gasteiger partial charge >= 0.3 is 0 Å². The van der Waals surface area contributed by atoms with Crippen LogP contribution in [-0.4, -0.2) is 15.5 Å². The summed E-state index contributed by atoms with van der Waals surface area (Å²) in [6.45, 7) is 0.709. The van der Waals surface area contributed by atoms with Gasteiger partial charge in [-0.05, 0) is 36.4 Å². The second-order valence-electron chi connectivity index (χ2n) is 3.78. The molecule has 2 rings (SSSR count). The van der Waals surface area contributed by atoms with Gasteiger partial charge in [0.1, 0.15) is 17.5 Å². The number of benzene rings is 1. The SMILES string of the molecule is Nc1ccn(CCCSc2cc(F)ccc2F)n1. The first kappa shape index (κ1) is 12.9. The zero-order valence-electron chi connectivity index (χ0n) is 9.64. The van der Waals surface area contributed by atoms with Crippen LogP contribution in [0.1, 0.15) is 6.42 Å².